The van der Waals surface area contributed by atoms with Crippen LogP contribution >= 0.6 is 0 Å². The number of hydrogen-bond acceptors (Lipinski definition) is 3. The van der Waals surface area contributed by atoms with E-state index in [4.69, 9.17) is 4.74 Å². The molecule has 1 atom stereocenters. The van der Waals surface area contributed by atoms with Gasteiger partial charge in [-0.1, -0.05) is 36.4 Å². The van der Waals surface area contributed by atoms with Crippen molar-refractivity contribution >= 4 is 27.5 Å². The van der Waals surface area contributed by atoms with Crippen LogP contribution < -0.4 is 10.1 Å². The third-order valence-corrected chi connectivity index (χ3v) is 4.78. The van der Waals surface area contributed by atoms with Gasteiger partial charge < -0.3 is 19.7 Å². The molecular weight excluding hydrogens is 336 g/mol. The van der Waals surface area contributed by atoms with E-state index in [-0.39, 0.29) is 0 Å². The highest BCUT2D eigenvalue weighted by atomic mass is 16.5. The number of aliphatic hydroxyl groups excluding tert-OH is 1. The quantitative estimate of drug-likeness (QED) is 0.504. The van der Waals surface area contributed by atoms with Crippen molar-refractivity contribution in [3.63, 3.8) is 0 Å². The molecule has 27 heavy (non-hydrogen) atoms. The van der Waals surface area contributed by atoms with Gasteiger partial charge in [0.1, 0.15) is 5.75 Å². The maximum Gasteiger partial charge on any atom is 0.119 e. The molecule has 0 amide bonds. The van der Waals surface area contributed by atoms with Crippen LogP contribution in [0.25, 0.3) is 21.8 Å². The Morgan fingerprint density at radius 1 is 0.889 bits per heavy atom. The molecule has 0 aliphatic rings. The van der Waals surface area contributed by atoms with Crippen LogP contribution in [0.15, 0.2) is 72.8 Å². The lowest BCUT2D eigenvalue weighted by Gasteiger charge is -2.16. The fourth-order valence-electron chi connectivity index (χ4n) is 3.55. The molecule has 0 spiro atoms. The summed E-state index contributed by atoms with van der Waals surface area (Å²) < 4.78 is 7.66. The second-order valence-corrected chi connectivity index (χ2v) is 6.64. The van der Waals surface area contributed by atoms with Gasteiger partial charge in [-0.2, -0.15) is 0 Å². The molecule has 0 bridgehead atoms. The Labute approximate surface area is 159 Å². The SMILES string of the molecule is CCOc1ccc(NCC(O)Cn2c3ccccc3c3ccccc32)cc1. The topological polar surface area (TPSA) is 46.4 Å². The monoisotopic (exact) mass is 360 g/mol. The summed E-state index contributed by atoms with van der Waals surface area (Å²) in [6, 6.07) is 24.5. The lowest BCUT2D eigenvalue weighted by Crippen LogP contribution is -2.24. The second-order valence-electron chi connectivity index (χ2n) is 6.64. The summed E-state index contributed by atoms with van der Waals surface area (Å²) in [5.41, 5.74) is 3.28. The molecule has 0 aliphatic heterocycles. The van der Waals surface area contributed by atoms with E-state index < -0.39 is 6.10 Å². The van der Waals surface area contributed by atoms with E-state index in [1.54, 1.807) is 0 Å². The van der Waals surface area contributed by atoms with Gasteiger partial charge in [0, 0.05) is 34.0 Å². The summed E-state index contributed by atoms with van der Waals surface area (Å²) in [6.07, 6.45) is -0.504. The highest BCUT2D eigenvalue weighted by Gasteiger charge is 2.13. The normalized spacial score (nSPS) is 12.4. The highest BCUT2D eigenvalue weighted by Crippen LogP contribution is 2.28. The molecule has 4 heteroatoms. The minimum Gasteiger partial charge on any atom is -0.494 e. The predicted octanol–water partition coefficient (Wildman–Crippen LogP) is 4.67. The standard InChI is InChI=1S/C23H24N2O2/c1-2-27-19-13-11-17(12-14-19)24-15-18(26)16-25-22-9-5-3-7-20(22)21-8-4-6-10-23(21)25/h3-14,18,24,26H,2,15-16H2,1H3. The summed E-state index contributed by atoms with van der Waals surface area (Å²) in [4.78, 5) is 0. The van der Waals surface area contributed by atoms with Crippen LogP contribution in [0.4, 0.5) is 5.69 Å². The van der Waals surface area contributed by atoms with Gasteiger partial charge in [-0.05, 0) is 43.3 Å². The number of anilines is 1. The predicted molar refractivity (Wildman–Crippen MR) is 112 cm³/mol. The zero-order valence-electron chi connectivity index (χ0n) is 15.4. The average Bonchev–Trinajstić information content (AvgIpc) is 3.02. The first-order chi connectivity index (χ1) is 13.3. The van der Waals surface area contributed by atoms with Gasteiger partial charge in [0.2, 0.25) is 0 Å². The van der Waals surface area contributed by atoms with E-state index in [1.807, 2.05) is 43.3 Å². The van der Waals surface area contributed by atoms with Crippen molar-refractivity contribution in [2.45, 2.75) is 19.6 Å². The van der Waals surface area contributed by atoms with Gasteiger partial charge in [0.25, 0.3) is 0 Å². The lowest BCUT2D eigenvalue weighted by atomic mass is 10.2. The molecule has 0 saturated heterocycles. The van der Waals surface area contributed by atoms with Gasteiger partial charge in [0.05, 0.1) is 19.3 Å². The Kier molecular flexibility index (Phi) is 4.99. The number of fused-ring (bicyclic) bond motifs is 3. The van der Waals surface area contributed by atoms with Crippen LogP contribution in [0.5, 0.6) is 5.75 Å². The molecule has 1 heterocycles. The van der Waals surface area contributed by atoms with Crippen molar-refractivity contribution in [1.29, 1.82) is 0 Å². The van der Waals surface area contributed by atoms with Gasteiger partial charge in [0.15, 0.2) is 0 Å². The Hall–Kier alpha value is -2.98. The maximum atomic E-state index is 10.6. The minimum atomic E-state index is -0.504. The van der Waals surface area contributed by atoms with Crippen molar-refractivity contribution in [1.82, 2.24) is 4.57 Å². The first-order valence-electron chi connectivity index (χ1n) is 9.37. The molecule has 0 radical (unpaired) electrons. The average molecular weight is 360 g/mol. The molecule has 1 aromatic heterocycles. The summed E-state index contributed by atoms with van der Waals surface area (Å²) in [6.45, 7) is 3.65. The molecule has 0 aliphatic carbocycles. The van der Waals surface area contributed by atoms with E-state index in [0.29, 0.717) is 19.7 Å². The van der Waals surface area contributed by atoms with Crippen LogP contribution in [0.3, 0.4) is 0 Å². The summed E-state index contributed by atoms with van der Waals surface area (Å²) >= 11 is 0. The number of aliphatic hydroxyl groups is 1. The van der Waals surface area contributed by atoms with Crippen molar-refractivity contribution in [3.05, 3.63) is 72.8 Å². The number of aromatic nitrogens is 1. The van der Waals surface area contributed by atoms with E-state index in [9.17, 15) is 5.11 Å². The first kappa shape index (κ1) is 17.4. The Morgan fingerprint density at radius 3 is 2.07 bits per heavy atom. The largest absolute Gasteiger partial charge is 0.494 e. The summed E-state index contributed by atoms with van der Waals surface area (Å²) in [5.74, 6) is 0.855. The second kappa shape index (κ2) is 7.72. The number of nitrogens with one attached hydrogen (secondary N) is 1. The third kappa shape index (κ3) is 3.62. The van der Waals surface area contributed by atoms with Crippen LogP contribution in [0, 0.1) is 0 Å². The van der Waals surface area contributed by atoms with Crippen molar-refractivity contribution in [3.8, 4) is 5.75 Å². The molecule has 0 saturated carbocycles. The smallest absolute Gasteiger partial charge is 0.119 e. The number of rotatable bonds is 7. The zero-order chi connectivity index (χ0) is 18.6. The molecule has 2 N–H and O–H groups in total. The third-order valence-electron chi connectivity index (χ3n) is 4.78. The van der Waals surface area contributed by atoms with E-state index in [2.05, 4.69) is 46.3 Å². The Morgan fingerprint density at radius 2 is 1.48 bits per heavy atom. The molecule has 4 rings (SSSR count). The number of hydrogen-bond donors (Lipinski definition) is 2. The molecule has 4 aromatic rings. The number of ether oxygens (including phenoxy) is 1. The zero-order valence-corrected chi connectivity index (χ0v) is 15.4. The fourth-order valence-corrected chi connectivity index (χ4v) is 3.55. The van der Waals surface area contributed by atoms with Crippen molar-refractivity contribution in [2.24, 2.45) is 0 Å². The highest BCUT2D eigenvalue weighted by molar-refractivity contribution is 6.07. The van der Waals surface area contributed by atoms with E-state index in [1.165, 1.54) is 10.8 Å². The summed E-state index contributed by atoms with van der Waals surface area (Å²) in [5, 5.41) is 16.4. The van der Waals surface area contributed by atoms with Gasteiger partial charge in [-0.25, -0.2) is 0 Å². The van der Waals surface area contributed by atoms with Gasteiger partial charge in [-0.3, -0.25) is 0 Å². The Bertz CT molecular complexity index is 984. The van der Waals surface area contributed by atoms with E-state index >= 15 is 0 Å². The van der Waals surface area contributed by atoms with Crippen LogP contribution in [0.2, 0.25) is 0 Å². The van der Waals surface area contributed by atoms with Crippen molar-refractivity contribution in [2.75, 3.05) is 18.5 Å². The van der Waals surface area contributed by atoms with Crippen LogP contribution in [-0.2, 0) is 6.54 Å². The molecule has 1 unspecified atom stereocenters. The number of para-hydroxylation sites is 2. The molecular formula is C23H24N2O2. The molecule has 3 aromatic carbocycles. The Balaban J connectivity index is 1.50. The van der Waals surface area contributed by atoms with Crippen LogP contribution in [-0.4, -0.2) is 28.9 Å². The van der Waals surface area contributed by atoms with Crippen LogP contribution in [0.1, 0.15) is 6.92 Å². The fraction of sp³-hybridized carbons (Fsp3) is 0.217. The maximum absolute atomic E-state index is 10.6. The minimum absolute atomic E-state index is 0.481. The number of nitrogens with zero attached hydrogens (tertiary/aromatic N) is 1. The summed E-state index contributed by atoms with van der Waals surface area (Å²) in [7, 11) is 0. The van der Waals surface area contributed by atoms with Crippen molar-refractivity contribution < 1.29 is 9.84 Å². The van der Waals surface area contributed by atoms with Gasteiger partial charge in [-0.15, -0.1) is 0 Å². The first-order valence-corrected chi connectivity index (χ1v) is 9.37. The number of benzene rings is 3. The molecule has 0 fully saturated rings. The lowest BCUT2D eigenvalue weighted by molar-refractivity contribution is 0.169. The van der Waals surface area contributed by atoms with E-state index in [0.717, 1.165) is 22.5 Å². The molecule has 138 valence electrons. The molecule has 4 nitrogen and oxygen atoms in total. The van der Waals surface area contributed by atoms with Gasteiger partial charge >= 0.3 is 0 Å².